The molecule has 1 aromatic carbocycles. The molecule has 4 nitrogen and oxygen atoms in total. The van der Waals surface area contributed by atoms with Crippen LogP contribution in [0.2, 0.25) is 0 Å². The molecule has 4 aromatic rings. The van der Waals surface area contributed by atoms with Gasteiger partial charge in [0, 0.05) is 29.1 Å². The highest BCUT2D eigenvalue weighted by Crippen LogP contribution is 2.42. The average Bonchev–Trinajstić information content (AvgIpc) is 3.07. The maximum atomic E-state index is 11.1. The molecule has 0 aliphatic heterocycles. The van der Waals surface area contributed by atoms with Crippen LogP contribution in [-0.4, -0.2) is 19.5 Å². The molecule has 30 heavy (non-hydrogen) atoms. The maximum Gasteiger partial charge on any atom is 0.145 e. The second kappa shape index (κ2) is 6.98. The van der Waals surface area contributed by atoms with Gasteiger partial charge in [0.05, 0.1) is 11.2 Å². The molecule has 0 amide bonds. The molecule has 4 rings (SSSR count). The Morgan fingerprint density at radius 3 is 2.03 bits per heavy atom. The van der Waals surface area contributed by atoms with Crippen LogP contribution in [0.1, 0.15) is 52.7 Å². The van der Waals surface area contributed by atoms with E-state index in [1.165, 1.54) is 0 Å². The summed E-state index contributed by atoms with van der Waals surface area (Å²) in [6, 6.07) is 16.1. The van der Waals surface area contributed by atoms with Crippen molar-refractivity contribution >= 4 is 5.52 Å². The number of rotatable bonds is 2. The number of hydrogen-bond acceptors (Lipinski definition) is 3. The highest BCUT2D eigenvalue weighted by Gasteiger charge is 2.28. The molecule has 0 spiro atoms. The molecule has 0 aliphatic carbocycles. The fourth-order valence-electron chi connectivity index (χ4n) is 3.84. The molecule has 0 saturated carbocycles. The molecule has 4 heteroatoms. The zero-order chi connectivity index (χ0) is 21.7. The first-order valence-electron chi connectivity index (χ1n) is 10.3. The fraction of sp³-hybridized carbons (Fsp3) is 0.308. The van der Waals surface area contributed by atoms with Crippen LogP contribution in [0, 0.1) is 0 Å². The predicted octanol–water partition coefficient (Wildman–Crippen LogP) is 6.36. The molecular formula is C26H29N3O. The highest BCUT2D eigenvalue weighted by molar-refractivity contribution is 5.80. The summed E-state index contributed by atoms with van der Waals surface area (Å²) in [5, 5.41) is 11.1. The summed E-state index contributed by atoms with van der Waals surface area (Å²) >= 11 is 0. The zero-order valence-corrected chi connectivity index (χ0v) is 18.6. The van der Waals surface area contributed by atoms with E-state index in [9.17, 15) is 5.11 Å². The van der Waals surface area contributed by atoms with E-state index in [2.05, 4.69) is 69.1 Å². The van der Waals surface area contributed by atoms with Gasteiger partial charge >= 0.3 is 0 Å². The maximum absolute atomic E-state index is 11.1. The largest absolute Gasteiger partial charge is 0.507 e. The first-order valence-corrected chi connectivity index (χ1v) is 10.3. The lowest BCUT2D eigenvalue weighted by Crippen LogP contribution is -2.17. The third kappa shape index (κ3) is 3.47. The van der Waals surface area contributed by atoms with Crippen LogP contribution in [0.3, 0.4) is 0 Å². The second-order valence-electron chi connectivity index (χ2n) is 9.87. The van der Waals surface area contributed by atoms with Gasteiger partial charge in [0.15, 0.2) is 0 Å². The van der Waals surface area contributed by atoms with Gasteiger partial charge in [-0.1, -0.05) is 53.7 Å². The van der Waals surface area contributed by atoms with E-state index >= 15 is 0 Å². The van der Waals surface area contributed by atoms with E-state index in [1.54, 1.807) is 6.20 Å². The van der Waals surface area contributed by atoms with Crippen LogP contribution in [0.5, 0.6) is 5.75 Å². The summed E-state index contributed by atoms with van der Waals surface area (Å²) in [6.45, 7) is 12.8. The Labute approximate surface area is 178 Å². The third-order valence-electron chi connectivity index (χ3n) is 5.44. The summed E-state index contributed by atoms with van der Waals surface area (Å²) in [5.41, 5.74) is 5.16. The molecule has 1 N–H and O–H groups in total. The van der Waals surface area contributed by atoms with Crippen molar-refractivity contribution in [1.29, 1.82) is 0 Å². The van der Waals surface area contributed by atoms with Gasteiger partial charge in [0.2, 0.25) is 0 Å². The van der Waals surface area contributed by atoms with E-state index < -0.39 is 0 Å². The first-order chi connectivity index (χ1) is 14.1. The SMILES string of the molecule is CC(C)(C)c1cc(-c2nc(-c3ccccn3)c3ccccn23)cc(C(C)(C)C)c1O. The van der Waals surface area contributed by atoms with Gasteiger partial charge in [-0.15, -0.1) is 0 Å². The smallest absolute Gasteiger partial charge is 0.145 e. The van der Waals surface area contributed by atoms with E-state index in [4.69, 9.17) is 4.98 Å². The van der Waals surface area contributed by atoms with Gasteiger partial charge in [0.1, 0.15) is 17.3 Å². The fourth-order valence-corrected chi connectivity index (χ4v) is 3.84. The topological polar surface area (TPSA) is 50.4 Å². The molecule has 3 aromatic heterocycles. The summed E-state index contributed by atoms with van der Waals surface area (Å²) in [4.78, 5) is 9.54. The van der Waals surface area contributed by atoms with Crippen molar-refractivity contribution in [2.24, 2.45) is 0 Å². The third-order valence-corrected chi connectivity index (χ3v) is 5.44. The van der Waals surface area contributed by atoms with Crippen molar-refractivity contribution in [2.45, 2.75) is 52.4 Å². The second-order valence-corrected chi connectivity index (χ2v) is 9.87. The van der Waals surface area contributed by atoms with Crippen molar-refractivity contribution in [1.82, 2.24) is 14.4 Å². The Morgan fingerprint density at radius 1 is 0.833 bits per heavy atom. The predicted molar refractivity (Wildman–Crippen MR) is 123 cm³/mol. The van der Waals surface area contributed by atoms with Gasteiger partial charge in [-0.25, -0.2) is 4.98 Å². The highest BCUT2D eigenvalue weighted by atomic mass is 16.3. The molecular weight excluding hydrogens is 370 g/mol. The van der Waals surface area contributed by atoms with Crippen molar-refractivity contribution in [2.75, 3.05) is 0 Å². The number of nitrogens with zero attached hydrogens (tertiary/aromatic N) is 3. The molecule has 0 atom stereocenters. The van der Waals surface area contributed by atoms with Crippen molar-refractivity contribution in [3.05, 3.63) is 72.1 Å². The van der Waals surface area contributed by atoms with Gasteiger partial charge in [-0.05, 0) is 47.2 Å². The number of phenolic OH excluding ortho intramolecular Hbond substituents is 1. The Balaban J connectivity index is 2.04. The zero-order valence-electron chi connectivity index (χ0n) is 18.6. The number of imidazole rings is 1. The molecule has 154 valence electrons. The van der Waals surface area contributed by atoms with Gasteiger partial charge in [-0.3, -0.25) is 9.38 Å². The lowest BCUT2D eigenvalue weighted by atomic mass is 9.78. The van der Waals surface area contributed by atoms with E-state index in [0.717, 1.165) is 39.4 Å². The van der Waals surface area contributed by atoms with E-state index in [-0.39, 0.29) is 10.8 Å². The minimum atomic E-state index is -0.197. The Hall–Kier alpha value is -3.14. The van der Waals surface area contributed by atoms with Gasteiger partial charge < -0.3 is 5.11 Å². The monoisotopic (exact) mass is 399 g/mol. The van der Waals surface area contributed by atoms with E-state index in [0.29, 0.717) is 5.75 Å². The van der Waals surface area contributed by atoms with E-state index in [1.807, 2.05) is 36.5 Å². The van der Waals surface area contributed by atoms with Crippen LogP contribution in [0.15, 0.2) is 60.9 Å². The van der Waals surface area contributed by atoms with Crippen molar-refractivity contribution in [3.8, 4) is 28.5 Å². The number of hydrogen-bond donors (Lipinski definition) is 1. The van der Waals surface area contributed by atoms with Crippen LogP contribution in [-0.2, 0) is 10.8 Å². The number of phenols is 1. The van der Waals surface area contributed by atoms with Crippen LogP contribution in [0.25, 0.3) is 28.3 Å². The average molecular weight is 400 g/mol. The van der Waals surface area contributed by atoms with Crippen molar-refractivity contribution < 1.29 is 5.11 Å². The normalized spacial score (nSPS) is 12.5. The Bertz CT molecular complexity index is 1170. The molecule has 0 saturated heterocycles. The molecule has 0 unspecified atom stereocenters. The molecule has 0 radical (unpaired) electrons. The minimum absolute atomic E-state index is 0.197. The van der Waals surface area contributed by atoms with Crippen LogP contribution >= 0.6 is 0 Å². The quantitative estimate of drug-likeness (QED) is 0.426. The first kappa shape index (κ1) is 20.1. The van der Waals surface area contributed by atoms with Crippen LogP contribution in [0.4, 0.5) is 0 Å². The molecule has 3 heterocycles. The Morgan fingerprint density at radius 2 is 1.47 bits per heavy atom. The summed E-state index contributed by atoms with van der Waals surface area (Å²) in [6.07, 6.45) is 3.82. The number of fused-ring (bicyclic) bond motifs is 1. The summed E-state index contributed by atoms with van der Waals surface area (Å²) in [5.74, 6) is 1.23. The number of aromatic nitrogens is 3. The summed E-state index contributed by atoms with van der Waals surface area (Å²) in [7, 11) is 0. The summed E-state index contributed by atoms with van der Waals surface area (Å²) < 4.78 is 2.11. The minimum Gasteiger partial charge on any atom is -0.507 e. The van der Waals surface area contributed by atoms with Crippen molar-refractivity contribution in [3.63, 3.8) is 0 Å². The standard InChI is InChI=1S/C26H29N3O/c1-25(2,3)18-15-17(16-19(23(18)30)26(4,5)6)24-28-22(20-11-7-9-13-27-20)21-12-8-10-14-29(21)24/h7-16,30H,1-6H3. The lowest BCUT2D eigenvalue weighted by molar-refractivity contribution is 0.423. The number of aromatic hydroxyl groups is 1. The Kier molecular flexibility index (Phi) is 4.69. The van der Waals surface area contributed by atoms with Crippen LogP contribution < -0.4 is 0 Å². The lowest BCUT2D eigenvalue weighted by Gasteiger charge is -2.28. The molecule has 0 fully saturated rings. The molecule has 0 bridgehead atoms. The van der Waals surface area contributed by atoms with Gasteiger partial charge in [0.25, 0.3) is 0 Å². The number of benzene rings is 1. The molecule has 0 aliphatic rings. The number of pyridine rings is 2. The van der Waals surface area contributed by atoms with Gasteiger partial charge in [-0.2, -0.15) is 0 Å².